The van der Waals surface area contributed by atoms with E-state index < -0.39 is 5.62 Å². The second-order valence-electron chi connectivity index (χ2n) is 3.25. The molecule has 1 N–H and O–H groups in total. The van der Waals surface area contributed by atoms with Crippen molar-refractivity contribution in [3.63, 3.8) is 0 Å². The summed E-state index contributed by atoms with van der Waals surface area (Å²) in [7, 11) is 0. The Labute approximate surface area is 102 Å². The number of aliphatic imine (C=N–C) groups is 1. The average molecular weight is 268 g/mol. The fourth-order valence-corrected chi connectivity index (χ4v) is 5.24. The molecular weight excluding hydrogens is 247 g/mol. The van der Waals surface area contributed by atoms with Crippen LogP contribution in [0.25, 0.3) is 0 Å². The first-order chi connectivity index (χ1) is 7.04. The summed E-state index contributed by atoms with van der Waals surface area (Å²) in [6, 6.07) is 0.291. The van der Waals surface area contributed by atoms with Crippen molar-refractivity contribution in [2.24, 2.45) is 4.99 Å². The first kappa shape index (κ1) is 15.4. The number of nitrogens with zero attached hydrogens (tertiary/aromatic N) is 1. The molecule has 0 aliphatic carbocycles. The molecule has 0 aliphatic rings. The van der Waals surface area contributed by atoms with Crippen molar-refractivity contribution < 1.29 is 4.52 Å². The number of hydrogen-bond donors (Lipinski definition) is 1. The van der Waals surface area contributed by atoms with E-state index in [9.17, 15) is 0 Å². The van der Waals surface area contributed by atoms with Crippen molar-refractivity contribution in [3.8, 4) is 0 Å². The Bertz CT molecular complexity index is 234. The third-order valence-corrected chi connectivity index (χ3v) is 7.09. The van der Waals surface area contributed by atoms with Gasteiger partial charge in [0.2, 0.25) is 5.62 Å². The second kappa shape index (κ2) is 8.57. The van der Waals surface area contributed by atoms with Crippen molar-refractivity contribution in [2.45, 2.75) is 40.2 Å². The molecule has 0 heterocycles. The standard InChI is InChI=1S/C9H21N2OPS2/c1-5-7-15-13(14,12-6-2)11-8-10-9(3)4/h8-9H,5-7H2,1-4H3,(H,10,11,14). The maximum absolute atomic E-state index is 5.60. The maximum atomic E-state index is 5.60. The van der Waals surface area contributed by atoms with E-state index in [0.29, 0.717) is 12.6 Å². The summed E-state index contributed by atoms with van der Waals surface area (Å²) in [6.07, 6.45) is 2.81. The van der Waals surface area contributed by atoms with Gasteiger partial charge in [-0.05, 0) is 39.0 Å². The maximum Gasteiger partial charge on any atom is 0.211 e. The fourth-order valence-electron chi connectivity index (χ4n) is 0.746. The summed E-state index contributed by atoms with van der Waals surface area (Å²) >= 11 is 7.17. The van der Waals surface area contributed by atoms with E-state index in [-0.39, 0.29) is 0 Å². The highest BCUT2D eigenvalue weighted by Gasteiger charge is 2.15. The van der Waals surface area contributed by atoms with Gasteiger partial charge >= 0.3 is 0 Å². The molecule has 0 aromatic rings. The Hall–Kier alpha value is 0.430. The van der Waals surface area contributed by atoms with Crippen molar-refractivity contribution in [1.82, 2.24) is 5.09 Å². The molecule has 1 atom stereocenters. The summed E-state index contributed by atoms with van der Waals surface area (Å²) in [5, 5.41) is 3.14. The number of rotatable bonds is 8. The molecule has 0 amide bonds. The fraction of sp³-hybridized carbons (Fsp3) is 0.889. The van der Waals surface area contributed by atoms with Crippen LogP contribution in [0.5, 0.6) is 0 Å². The Morgan fingerprint density at radius 3 is 2.67 bits per heavy atom. The minimum atomic E-state index is -1.94. The molecule has 0 aromatic carbocycles. The van der Waals surface area contributed by atoms with Gasteiger partial charge in [-0.3, -0.25) is 4.99 Å². The van der Waals surface area contributed by atoms with Gasteiger partial charge in [0.1, 0.15) is 0 Å². The van der Waals surface area contributed by atoms with E-state index in [0.717, 1.165) is 12.2 Å². The minimum absolute atomic E-state index is 0.291. The van der Waals surface area contributed by atoms with Gasteiger partial charge in [-0.2, -0.15) is 0 Å². The lowest BCUT2D eigenvalue weighted by molar-refractivity contribution is 0.383. The van der Waals surface area contributed by atoms with E-state index in [1.807, 2.05) is 20.8 Å². The molecular formula is C9H21N2OPS2. The zero-order valence-electron chi connectivity index (χ0n) is 9.90. The van der Waals surface area contributed by atoms with Gasteiger partial charge in [-0.15, -0.1) is 0 Å². The average Bonchev–Trinajstić information content (AvgIpc) is 2.15. The SMILES string of the molecule is CCCSP(=S)(NC=NC(C)C)OCC. The van der Waals surface area contributed by atoms with E-state index in [2.05, 4.69) is 17.0 Å². The van der Waals surface area contributed by atoms with E-state index in [1.165, 1.54) is 0 Å². The molecule has 90 valence electrons. The lowest BCUT2D eigenvalue weighted by Crippen LogP contribution is -2.09. The van der Waals surface area contributed by atoms with Crippen LogP contribution in [0, 0.1) is 0 Å². The van der Waals surface area contributed by atoms with Crippen LogP contribution in [0.3, 0.4) is 0 Å². The molecule has 1 unspecified atom stereocenters. The van der Waals surface area contributed by atoms with Crippen LogP contribution in [0.2, 0.25) is 0 Å². The van der Waals surface area contributed by atoms with Gasteiger partial charge in [0, 0.05) is 11.8 Å². The summed E-state index contributed by atoms with van der Waals surface area (Å²) in [5.74, 6) is 1.03. The highest BCUT2D eigenvalue weighted by atomic mass is 32.9. The Kier molecular flexibility index (Phi) is 8.81. The van der Waals surface area contributed by atoms with Crippen LogP contribution in [0.4, 0.5) is 0 Å². The van der Waals surface area contributed by atoms with Crippen LogP contribution in [0.1, 0.15) is 34.1 Å². The first-order valence-electron chi connectivity index (χ1n) is 5.22. The minimum Gasteiger partial charge on any atom is -0.327 e. The zero-order valence-corrected chi connectivity index (χ0v) is 12.4. The molecule has 0 rings (SSSR count). The van der Waals surface area contributed by atoms with Crippen LogP contribution in [-0.4, -0.2) is 24.7 Å². The molecule has 0 aromatic heterocycles. The van der Waals surface area contributed by atoms with Gasteiger partial charge in [0.05, 0.1) is 12.9 Å². The molecule has 0 saturated heterocycles. The molecule has 0 fully saturated rings. The largest absolute Gasteiger partial charge is 0.327 e. The van der Waals surface area contributed by atoms with Crippen LogP contribution in [0.15, 0.2) is 4.99 Å². The number of hydrogen-bond acceptors (Lipinski definition) is 4. The van der Waals surface area contributed by atoms with Crippen molar-refractivity contribution in [3.05, 3.63) is 0 Å². The van der Waals surface area contributed by atoms with Crippen LogP contribution in [-0.2, 0) is 16.3 Å². The van der Waals surface area contributed by atoms with Crippen molar-refractivity contribution >= 4 is 35.1 Å². The summed E-state index contributed by atoms with van der Waals surface area (Å²) in [4.78, 5) is 4.23. The predicted octanol–water partition coefficient (Wildman–Crippen LogP) is 3.42. The van der Waals surface area contributed by atoms with E-state index in [4.69, 9.17) is 16.3 Å². The predicted molar refractivity (Wildman–Crippen MR) is 75.4 cm³/mol. The molecule has 0 radical (unpaired) electrons. The molecule has 0 saturated carbocycles. The van der Waals surface area contributed by atoms with E-state index >= 15 is 0 Å². The van der Waals surface area contributed by atoms with Crippen LogP contribution >= 0.6 is 17.0 Å². The van der Waals surface area contributed by atoms with Crippen LogP contribution < -0.4 is 5.09 Å². The quantitative estimate of drug-likeness (QED) is 0.415. The lowest BCUT2D eigenvalue weighted by atomic mass is 10.4. The summed E-state index contributed by atoms with van der Waals surface area (Å²) < 4.78 is 5.60. The molecule has 0 aliphatic heterocycles. The molecule has 0 bridgehead atoms. The summed E-state index contributed by atoms with van der Waals surface area (Å²) in [6.45, 7) is 8.81. The topological polar surface area (TPSA) is 33.6 Å². The second-order valence-corrected chi connectivity index (χ2v) is 9.98. The third kappa shape index (κ3) is 8.26. The van der Waals surface area contributed by atoms with Crippen molar-refractivity contribution in [2.75, 3.05) is 12.4 Å². The Morgan fingerprint density at radius 1 is 1.53 bits per heavy atom. The molecule has 6 heteroatoms. The molecule has 15 heavy (non-hydrogen) atoms. The van der Waals surface area contributed by atoms with Gasteiger partial charge in [-0.1, -0.05) is 18.3 Å². The zero-order chi connectivity index (χ0) is 11.7. The van der Waals surface area contributed by atoms with Gasteiger partial charge < -0.3 is 9.61 Å². The monoisotopic (exact) mass is 268 g/mol. The Morgan fingerprint density at radius 2 is 2.20 bits per heavy atom. The Balaban J connectivity index is 4.18. The summed E-state index contributed by atoms with van der Waals surface area (Å²) in [5.41, 5.74) is -1.94. The van der Waals surface area contributed by atoms with Gasteiger partial charge in [0.25, 0.3) is 0 Å². The van der Waals surface area contributed by atoms with Gasteiger partial charge in [-0.25, -0.2) is 0 Å². The smallest absolute Gasteiger partial charge is 0.211 e. The molecule has 3 nitrogen and oxygen atoms in total. The van der Waals surface area contributed by atoms with Gasteiger partial charge in [0.15, 0.2) is 0 Å². The third-order valence-electron chi connectivity index (χ3n) is 1.35. The molecule has 0 spiro atoms. The lowest BCUT2D eigenvalue weighted by Gasteiger charge is -2.20. The van der Waals surface area contributed by atoms with Crippen molar-refractivity contribution in [1.29, 1.82) is 0 Å². The normalized spacial score (nSPS) is 15.8. The highest BCUT2D eigenvalue weighted by Crippen LogP contribution is 2.55. The first-order valence-corrected chi connectivity index (χ1v) is 9.53. The highest BCUT2D eigenvalue weighted by molar-refractivity contribution is 8.68. The number of nitrogens with one attached hydrogen (secondary N) is 1. The van der Waals surface area contributed by atoms with E-state index in [1.54, 1.807) is 17.7 Å².